The molecule has 0 aromatic carbocycles. The molecular formula is C18H28N2O3. The third-order valence-electron chi connectivity index (χ3n) is 5.28. The first-order chi connectivity index (χ1) is 10.7. The fourth-order valence-electron chi connectivity index (χ4n) is 4.63. The number of likely N-dealkylation sites (tertiary alicyclic amines) is 1. The fourth-order valence-corrected chi connectivity index (χ4v) is 4.63. The molecule has 2 amide bonds. The molecule has 2 aliphatic carbocycles. The minimum absolute atomic E-state index is 0.00366. The van der Waals surface area contributed by atoms with Crippen molar-refractivity contribution in [3.8, 4) is 0 Å². The van der Waals surface area contributed by atoms with Crippen LogP contribution in [0.25, 0.3) is 0 Å². The van der Waals surface area contributed by atoms with Crippen molar-refractivity contribution in [1.29, 1.82) is 0 Å². The molecule has 0 aromatic heterocycles. The van der Waals surface area contributed by atoms with Crippen LogP contribution in [-0.2, 0) is 9.53 Å². The van der Waals surface area contributed by atoms with Crippen molar-refractivity contribution >= 4 is 12.0 Å². The summed E-state index contributed by atoms with van der Waals surface area (Å²) in [7, 11) is 3.84. The Kier molecular flexibility index (Phi) is 3.93. The lowest BCUT2D eigenvalue weighted by Crippen LogP contribution is -2.45. The van der Waals surface area contributed by atoms with Crippen molar-refractivity contribution in [2.75, 3.05) is 14.1 Å². The molecule has 1 saturated heterocycles. The second-order valence-corrected chi connectivity index (χ2v) is 8.39. The summed E-state index contributed by atoms with van der Waals surface area (Å²) in [5, 5.41) is 0. The summed E-state index contributed by atoms with van der Waals surface area (Å²) in [6.07, 6.45) is 6.00. The molecule has 1 heterocycles. The number of hydrogen-bond acceptors (Lipinski definition) is 4. The molecule has 3 fully saturated rings. The number of ether oxygens (including phenoxy) is 1. The summed E-state index contributed by atoms with van der Waals surface area (Å²) >= 11 is 0. The molecule has 23 heavy (non-hydrogen) atoms. The third kappa shape index (κ3) is 2.86. The van der Waals surface area contributed by atoms with E-state index in [1.54, 1.807) is 0 Å². The van der Waals surface area contributed by atoms with Crippen LogP contribution in [0.15, 0.2) is 11.8 Å². The third-order valence-corrected chi connectivity index (χ3v) is 5.28. The number of rotatable bonds is 1. The Morgan fingerprint density at radius 1 is 1.30 bits per heavy atom. The summed E-state index contributed by atoms with van der Waals surface area (Å²) in [6.45, 7) is 5.52. The van der Waals surface area contributed by atoms with E-state index in [0.717, 1.165) is 18.4 Å². The van der Waals surface area contributed by atoms with Crippen molar-refractivity contribution in [2.24, 2.45) is 17.8 Å². The molecular weight excluding hydrogens is 292 g/mol. The summed E-state index contributed by atoms with van der Waals surface area (Å²) < 4.78 is 5.53. The Bertz CT molecular complexity index is 547. The molecule has 1 aliphatic heterocycles. The van der Waals surface area contributed by atoms with E-state index in [4.69, 9.17) is 4.74 Å². The summed E-state index contributed by atoms with van der Waals surface area (Å²) in [4.78, 5) is 28.9. The predicted molar refractivity (Wildman–Crippen MR) is 87.6 cm³/mol. The average molecular weight is 320 g/mol. The van der Waals surface area contributed by atoms with Gasteiger partial charge in [-0.15, -0.1) is 0 Å². The lowest BCUT2D eigenvalue weighted by atomic mass is 9.94. The fraction of sp³-hybridized carbons (Fsp3) is 0.778. The molecule has 2 saturated carbocycles. The van der Waals surface area contributed by atoms with Crippen molar-refractivity contribution < 1.29 is 14.3 Å². The van der Waals surface area contributed by atoms with Gasteiger partial charge >= 0.3 is 6.09 Å². The smallest absolute Gasteiger partial charge is 0.417 e. The van der Waals surface area contributed by atoms with Gasteiger partial charge in [0.25, 0.3) is 5.91 Å². The number of hydrogen-bond donors (Lipinski definition) is 0. The van der Waals surface area contributed by atoms with E-state index < -0.39 is 11.7 Å². The standard InChI is InChI=1S/C18H28N2O3/c1-18(2,3)23-17(22)20-15-12-8-6-7-11(12)9-13(15)14(16(20)21)10-19(4)5/h10-13,15H,6-9H2,1-5H3/b14-10+/t11-,12-,13+,15+/m0/s1. The Morgan fingerprint density at radius 3 is 2.61 bits per heavy atom. The van der Waals surface area contributed by atoms with Gasteiger partial charge < -0.3 is 9.64 Å². The van der Waals surface area contributed by atoms with E-state index in [0.29, 0.717) is 11.8 Å². The Hall–Kier alpha value is -1.52. The molecule has 5 nitrogen and oxygen atoms in total. The number of amides is 2. The molecule has 3 aliphatic rings. The average Bonchev–Trinajstić information content (AvgIpc) is 3.01. The highest BCUT2D eigenvalue weighted by Crippen LogP contribution is 2.54. The van der Waals surface area contributed by atoms with Crippen molar-refractivity contribution in [1.82, 2.24) is 9.80 Å². The molecule has 0 N–H and O–H groups in total. The van der Waals surface area contributed by atoms with Crippen LogP contribution in [0.4, 0.5) is 4.79 Å². The molecule has 0 bridgehead atoms. The maximum Gasteiger partial charge on any atom is 0.417 e. The van der Waals surface area contributed by atoms with Gasteiger partial charge in [0.05, 0.1) is 6.04 Å². The molecule has 3 rings (SSSR count). The Labute approximate surface area is 138 Å². The first-order valence-electron chi connectivity index (χ1n) is 8.63. The number of fused-ring (bicyclic) bond motifs is 3. The Balaban J connectivity index is 1.94. The molecule has 0 radical (unpaired) electrons. The van der Waals surface area contributed by atoms with Gasteiger partial charge in [-0.1, -0.05) is 12.8 Å². The van der Waals surface area contributed by atoms with E-state index in [-0.39, 0.29) is 17.9 Å². The zero-order chi connectivity index (χ0) is 16.9. The van der Waals surface area contributed by atoms with Gasteiger partial charge in [-0.2, -0.15) is 0 Å². The van der Waals surface area contributed by atoms with E-state index >= 15 is 0 Å². The van der Waals surface area contributed by atoms with Crippen LogP contribution in [-0.4, -0.2) is 47.5 Å². The van der Waals surface area contributed by atoms with Crippen LogP contribution in [0.2, 0.25) is 0 Å². The molecule has 0 unspecified atom stereocenters. The zero-order valence-electron chi connectivity index (χ0n) is 14.8. The van der Waals surface area contributed by atoms with Crippen molar-refractivity contribution in [3.05, 3.63) is 11.8 Å². The molecule has 128 valence electrons. The summed E-state index contributed by atoms with van der Waals surface area (Å²) in [5.74, 6) is 1.11. The van der Waals surface area contributed by atoms with Crippen LogP contribution in [0.1, 0.15) is 46.5 Å². The molecule has 0 spiro atoms. The van der Waals surface area contributed by atoms with Crippen molar-refractivity contribution in [3.63, 3.8) is 0 Å². The second-order valence-electron chi connectivity index (χ2n) is 8.39. The van der Waals surface area contributed by atoms with E-state index in [9.17, 15) is 9.59 Å². The monoisotopic (exact) mass is 320 g/mol. The first-order valence-corrected chi connectivity index (χ1v) is 8.63. The summed E-state index contributed by atoms with van der Waals surface area (Å²) in [5.41, 5.74) is 0.189. The van der Waals surface area contributed by atoms with Gasteiger partial charge in [0, 0.05) is 31.8 Å². The minimum atomic E-state index is -0.589. The maximum atomic E-state index is 12.9. The minimum Gasteiger partial charge on any atom is -0.443 e. The molecule has 4 atom stereocenters. The van der Waals surface area contributed by atoms with Gasteiger partial charge in [0.1, 0.15) is 5.60 Å². The highest BCUT2D eigenvalue weighted by atomic mass is 16.6. The van der Waals surface area contributed by atoms with Gasteiger partial charge in [-0.25, -0.2) is 9.69 Å². The predicted octanol–water partition coefficient (Wildman–Crippen LogP) is 3.01. The number of imide groups is 1. The number of nitrogens with zero attached hydrogens (tertiary/aromatic N) is 2. The van der Waals surface area contributed by atoms with Crippen LogP contribution < -0.4 is 0 Å². The van der Waals surface area contributed by atoms with E-state index in [1.165, 1.54) is 17.7 Å². The SMILES string of the molecule is CN(C)/C=C1/C(=O)N(C(=O)OC(C)(C)C)[C@@H]2[C@H]3CCC[C@H]3C[C@H]12. The van der Waals surface area contributed by atoms with Crippen LogP contribution >= 0.6 is 0 Å². The largest absolute Gasteiger partial charge is 0.443 e. The van der Waals surface area contributed by atoms with E-state index in [1.807, 2.05) is 46.0 Å². The second kappa shape index (κ2) is 5.53. The number of carbonyl (C=O) groups excluding carboxylic acids is 2. The highest BCUT2D eigenvalue weighted by Gasteiger charge is 2.58. The topological polar surface area (TPSA) is 49.9 Å². The van der Waals surface area contributed by atoms with Gasteiger partial charge in [0.15, 0.2) is 0 Å². The van der Waals surface area contributed by atoms with Crippen molar-refractivity contribution in [2.45, 2.75) is 58.1 Å². The normalized spacial score (nSPS) is 34.7. The van der Waals surface area contributed by atoms with Crippen LogP contribution in [0.3, 0.4) is 0 Å². The number of carbonyl (C=O) groups is 2. The molecule has 5 heteroatoms. The van der Waals surface area contributed by atoms with Gasteiger partial charge in [-0.05, 0) is 45.4 Å². The van der Waals surface area contributed by atoms with Crippen LogP contribution in [0, 0.1) is 17.8 Å². The maximum absolute atomic E-state index is 12.9. The van der Waals surface area contributed by atoms with Gasteiger partial charge in [-0.3, -0.25) is 4.79 Å². The highest BCUT2D eigenvalue weighted by molar-refractivity contribution is 6.06. The summed E-state index contributed by atoms with van der Waals surface area (Å²) in [6, 6.07) is -0.00366. The first kappa shape index (κ1) is 16.3. The van der Waals surface area contributed by atoms with Gasteiger partial charge in [0.2, 0.25) is 0 Å². The Morgan fingerprint density at radius 2 is 2.00 bits per heavy atom. The lowest BCUT2D eigenvalue weighted by Gasteiger charge is -2.29. The van der Waals surface area contributed by atoms with E-state index in [2.05, 4.69) is 0 Å². The quantitative estimate of drug-likeness (QED) is 0.697. The molecule has 0 aromatic rings. The zero-order valence-corrected chi connectivity index (χ0v) is 14.8. The lowest BCUT2D eigenvalue weighted by molar-refractivity contribution is -0.126. The van der Waals surface area contributed by atoms with Crippen LogP contribution in [0.5, 0.6) is 0 Å².